The largest absolute Gasteiger partial charge is 0.508 e. The lowest BCUT2D eigenvalue weighted by Crippen LogP contribution is -2.49. The summed E-state index contributed by atoms with van der Waals surface area (Å²) in [5, 5.41) is 20.8. The van der Waals surface area contributed by atoms with Crippen molar-refractivity contribution < 1.29 is 19.8 Å². The average Bonchev–Trinajstić information content (AvgIpc) is 2.27. The van der Waals surface area contributed by atoms with E-state index in [-0.39, 0.29) is 18.1 Å². The van der Waals surface area contributed by atoms with Crippen LogP contribution < -0.4 is 5.32 Å². The topological polar surface area (TPSA) is 86.6 Å². The number of amides is 1. The zero-order valence-corrected chi connectivity index (χ0v) is 11.3. The fourth-order valence-corrected chi connectivity index (χ4v) is 1.66. The molecule has 0 spiro atoms. The van der Waals surface area contributed by atoms with E-state index < -0.39 is 17.4 Å². The maximum Gasteiger partial charge on any atom is 0.326 e. The van der Waals surface area contributed by atoms with Crippen LogP contribution in [0.2, 0.25) is 0 Å². The molecule has 3 N–H and O–H groups in total. The molecule has 1 aromatic carbocycles. The number of nitrogens with one attached hydrogen (secondary N) is 1. The lowest BCUT2D eigenvalue weighted by atomic mass is 9.86. The number of carboxylic acids is 1. The Morgan fingerprint density at radius 3 is 2.16 bits per heavy atom. The molecule has 0 saturated heterocycles. The normalized spacial score (nSPS) is 12.8. The summed E-state index contributed by atoms with van der Waals surface area (Å²) in [5.41, 5.74) is 0.157. The maximum absolute atomic E-state index is 11.8. The van der Waals surface area contributed by atoms with Crippen LogP contribution in [0.25, 0.3) is 0 Å². The molecule has 0 aromatic heterocycles. The van der Waals surface area contributed by atoms with Crippen molar-refractivity contribution in [2.45, 2.75) is 33.2 Å². The Balaban J connectivity index is 2.68. The number of hydrogen-bond donors (Lipinski definition) is 3. The molecular weight excluding hydrogens is 246 g/mol. The van der Waals surface area contributed by atoms with Crippen LogP contribution in [-0.2, 0) is 16.0 Å². The molecule has 5 nitrogen and oxygen atoms in total. The molecule has 19 heavy (non-hydrogen) atoms. The van der Waals surface area contributed by atoms with E-state index in [0.717, 1.165) is 0 Å². The van der Waals surface area contributed by atoms with Gasteiger partial charge in [-0.1, -0.05) is 32.9 Å². The van der Waals surface area contributed by atoms with Crippen molar-refractivity contribution in [2.24, 2.45) is 5.41 Å². The number of benzene rings is 1. The maximum atomic E-state index is 11.8. The van der Waals surface area contributed by atoms with E-state index >= 15 is 0 Å². The summed E-state index contributed by atoms with van der Waals surface area (Å²) in [7, 11) is 0. The highest BCUT2D eigenvalue weighted by Gasteiger charge is 2.32. The summed E-state index contributed by atoms with van der Waals surface area (Å²) in [6.07, 6.45) is 0.0835. The van der Waals surface area contributed by atoms with Gasteiger partial charge in [0.2, 0.25) is 5.91 Å². The summed E-state index contributed by atoms with van der Waals surface area (Å²) in [4.78, 5) is 23.0. The SMILES string of the molecule is CC(C)(C)[C@H](NC(=O)Cc1ccc(O)cc1)C(=O)O. The van der Waals surface area contributed by atoms with Crippen molar-refractivity contribution in [3.8, 4) is 5.75 Å². The van der Waals surface area contributed by atoms with E-state index in [1.165, 1.54) is 12.1 Å². The minimum atomic E-state index is -1.05. The van der Waals surface area contributed by atoms with Crippen molar-refractivity contribution in [3.63, 3.8) is 0 Å². The number of phenolic OH excluding ortho intramolecular Hbond substituents is 1. The lowest BCUT2D eigenvalue weighted by Gasteiger charge is -2.27. The third-order valence-corrected chi connectivity index (χ3v) is 2.72. The zero-order valence-electron chi connectivity index (χ0n) is 11.3. The number of aliphatic carboxylic acids is 1. The monoisotopic (exact) mass is 265 g/mol. The Kier molecular flexibility index (Phi) is 4.53. The van der Waals surface area contributed by atoms with E-state index in [0.29, 0.717) is 5.56 Å². The number of rotatable bonds is 4. The molecule has 1 atom stereocenters. The van der Waals surface area contributed by atoms with Gasteiger partial charge in [-0.3, -0.25) is 4.79 Å². The second-order valence-electron chi connectivity index (χ2n) is 5.55. The second-order valence-corrected chi connectivity index (χ2v) is 5.55. The van der Waals surface area contributed by atoms with Crippen molar-refractivity contribution in [1.82, 2.24) is 5.32 Å². The average molecular weight is 265 g/mol. The molecule has 0 aliphatic carbocycles. The van der Waals surface area contributed by atoms with E-state index in [2.05, 4.69) is 5.32 Å². The Hall–Kier alpha value is -2.04. The third kappa shape index (κ3) is 4.62. The van der Waals surface area contributed by atoms with Crippen molar-refractivity contribution in [3.05, 3.63) is 29.8 Å². The molecule has 0 aliphatic heterocycles. The fourth-order valence-electron chi connectivity index (χ4n) is 1.66. The van der Waals surface area contributed by atoms with Gasteiger partial charge < -0.3 is 15.5 Å². The summed E-state index contributed by atoms with van der Waals surface area (Å²) in [5.74, 6) is -1.28. The molecule has 0 radical (unpaired) electrons. The van der Waals surface area contributed by atoms with Gasteiger partial charge in [0, 0.05) is 0 Å². The van der Waals surface area contributed by atoms with Gasteiger partial charge in [-0.05, 0) is 23.1 Å². The van der Waals surface area contributed by atoms with Gasteiger partial charge in [-0.2, -0.15) is 0 Å². The number of aromatic hydroxyl groups is 1. The second kappa shape index (κ2) is 5.73. The number of carbonyl (C=O) groups is 2. The number of carboxylic acid groups (broad SMARTS) is 1. The molecular formula is C14H19NO4. The predicted molar refractivity (Wildman–Crippen MR) is 70.8 cm³/mol. The van der Waals surface area contributed by atoms with Crippen LogP contribution in [0.3, 0.4) is 0 Å². The van der Waals surface area contributed by atoms with Crippen LogP contribution in [0.5, 0.6) is 5.75 Å². The van der Waals surface area contributed by atoms with Crippen LogP contribution in [-0.4, -0.2) is 28.1 Å². The van der Waals surface area contributed by atoms with Crippen LogP contribution in [0, 0.1) is 5.41 Å². The number of hydrogen-bond acceptors (Lipinski definition) is 3. The lowest BCUT2D eigenvalue weighted by molar-refractivity contribution is -0.144. The smallest absolute Gasteiger partial charge is 0.326 e. The molecule has 1 amide bonds. The first kappa shape index (κ1) is 15.0. The minimum absolute atomic E-state index is 0.0835. The predicted octanol–water partition coefficient (Wildman–Crippen LogP) is 1.55. The first-order chi connectivity index (χ1) is 8.70. The Bertz CT molecular complexity index is 459. The first-order valence-corrected chi connectivity index (χ1v) is 6.00. The van der Waals surface area contributed by atoms with Gasteiger partial charge >= 0.3 is 5.97 Å². The van der Waals surface area contributed by atoms with E-state index in [1.54, 1.807) is 32.9 Å². The molecule has 1 aromatic rings. The molecule has 5 heteroatoms. The van der Waals surface area contributed by atoms with Crippen molar-refractivity contribution >= 4 is 11.9 Å². The van der Waals surface area contributed by atoms with Crippen molar-refractivity contribution in [2.75, 3.05) is 0 Å². The molecule has 0 aliphatic rings. The van der Waals surface area contributed by atoms with Gasteiger partial charge in [-0.25, -0.2) is 4.79 Å². The summed E-state index contributed by atoms with van der Waals surface area (Å²) >= 11 is 0. The van der Waals surface area contributed by atoms with E-state index in [1.807, 2.05) is 0 Å². The summed E-state index contributed by atoms with van der Waals surface area (Å²) in [6, 6.07) is 5.29. The highest BCUT2D eigenvalue weighted by molar-refractivity contribution is 5.85. The standard InChI is InChI=1S/C14H19NO4/c1-14(2,3)12(13(18)19)15-11(17)8-9-4-6-10(16)7-5-9/h4-7,12,16H,8H2,1-3H3,(H,15,17)(H,18,19)/t12-/m1/s1. The van der Waals surface area contributed by atoms with Crippen molar-refractivity contribution in [1.29, 1.82) is 0 Å². The summed E-state index contributed by atoms with van der Waals surface area (Å²) < 4.78 is 0. The van der Waals surface area contributed by atoms with Crippen LogP contribution in [0.4, 0.5) is 0 Å². The Morgan fingerprint density at radius 1 is 1.21 bits per heavy atom. The van der Waals surface area contributed by atoms with Crippen LogP contribution in [0.15, 0.2) is 24.3 Å². The summed E-state index contributed by atoms with van der Waals surface area (Å²) in [6.45, 7) is 5.27. The highest BCUT2D eigenvalue weighted by atomic mass is 16.4. The molecule has 104 valence electrons. The van der Waals surface area contributed by atoms with Gasteiger partial charge in [0.05, 0.1) is 6.42 Å². The zero-order chi connectivity index (χ0) is 14.6. The van der Waals surface area contributed by atoms with Crippen LogP contribution in [0.1, 0.15) is 26.3 Å². The number of carbonyl (C=O) groups excluding carboxylic acids is 1. The van der Waals surface area contributed by atoms with Gasteiger partial charge in [-0.15, -0.1) is 0 Å². The van der Waals surface area contributed by atoms with Gasteiger partial charge in [0.1, 0.15) is 11.8 Å². The Morgan fingerprint density at radius 2 is 1.74 bits per heavy atom. The minimum Gasteiger partial charge on any atom is -0.508 e. The molecule has 0 saturated carbocycles. The molecule has 0 bridgehead atoms. The van der Waals surface area contributed by atoms with Gasteiger partial charge in [0.25, 0.3) is 0 Å². The quantitative estimate of drug-likeness (QED) is 0.771. The van der Waals surface area contributed by atoms with E-state index in [9.17, 15) is 9.59 Å². The highest BCUT2D eigenvalue weighted by Crippen LogP contribution is 2.19. The third-order valence-electron chi connectivity index (χ3n) is 2.72. The van der Waals surface area contributed by atoms with Gasteiger partial charge in [0.15, 0.2) is 0 Å². The molecule has 0 unspecified atom stereocenters. The molecule has 1 rings (SSSR count). The number of phenols is 1. The first-order valence-electron chi connectivity index (χ1n) is 6.00. The molecule has 0 heterocycles. The van der Waals surface area contributed by atoms with E-state index in [4.69, 9.17) is 10.2 Å². The van der Waals surface area contributed by atoms with Crippen LogP contribution >= 0.6 is 0 Å². The fraction of sp³-hybridized carbons (Fsp3) is 0.429. The Labute approximate surface area is 112 Å². The molecule has 0 fully saturated rings.